The third-order valence-electron chi connectivity index (χ3n) is 5.53. The van der Waals surface area contributed by atoms with Crippen molar-refractivity contribution < 1.29 is 0 Å². The first-order valence-corrected chi connectivity index (χ1v) is 9.21. The van der Waals surface area contributed by atoms with Crippen molar-refractivity contribution in [1.29, 1.82) is 0 Å². The summed E-state index contributed by atoms with van der Waals surface area (Å²) in [5, 5.41) is 0. The van der Waals surface area contributed by atoms with Crippen LogP contribution >= 0.6 is 0 Å². The van der Waals surface area contributed by atoms with E-state index in [0.717, 1.165) is 12.3 Å². The molecule has 0 N–H and O–H groups in total. The van der Waals surface area contributed by atoms with Crippen LogP contribution in [0.3, 0.4) is 0 Å². The maximum absolute atomic E-state index is 4.72. The summed E-state index contributed by atoms with van der Waals surface area (Å²) in [7, 11) is 0. The summed E-state index contributed by atoms with van der Waals surface area (Å²) in [5.41, 5.74) is 2.79. The molecule has 2 aromatic rings. The van der Waals surface area contributed by atoms with Crippen LogP contribution in [-0.2, 0) is 11.8 Å². The van der Waals surface area contributed by atoms with Gasteiger partial charge in [0.05, 0.1) is 0 Å². The highest BCUT2D eigenvalue weighted by atomic mass is 14.3. The summed E-state index contributed by atoms with van der Waals surface area (Å²) in [4.78, 5) is 0. The fraction of sp³-hybridized carbons (Fsp3) is 0.435. The summed E-state index contributed by atoms with van der Waals surface area (Å²) in [6.07, 6.45) is 10.7. The molecule has 23 heavy (non-hydrogen) atoms. The molecule has 0 spiro atoms. The topological polar surface area (TPSA) is 0 Å². The fourth-order valence-corrected chi connectivity index (χ4v) is 4.07. The minimum absolute atomic E-state index is 0.0000600. The van der Waals surface area contributed by atoms with Gasteiger partial charge in [-0.05, 0) is 48.6 Å². The van der Waals surface area contributed by atoms with Crippen molar-refractivity contribution in [2.45, 2.75) is 56.8 Å². The Hall–Kier alpha value is -1.56. The molecule has 3 rings (SSSR count). The smallest absolute Gasteiger partial charge is 0.000623 e. The lowest BCUT2D eigenvalue weighted by molar-refractivity contribution is 0.304. The summed E-state index contributed by atoms with van der Waals surface area (Å²) < 4.78 is 0. The Morgan fingerprint density at radius 3 is 2.09 bits per heavy atom. The molecule has 1 atom stereocenters. The average molecular weight is 305 g/mol. The molecule has 0 saturated heterocycles. The quantitative estimate of drug-likeness (QED) is 0.582. The predicted molar refractivity (Wildman–Crippen MR) is 99.4 cm³/mol. The Bertz CT molecular complexity index is 566. The molecule has 0 heteroatoms. The van der Waals surface area contributed by atoms with Gasteiger partial charge < -0.3 is 0 Å². The van der Waals surface area contributed by atoms with Crippen molar-refractivity contribution in [3.8, 4) is 0 Å². The fourth-order valence-electron chi connectivity index (χ4n) is 4.07. The van der Waals surface area contributed by atoms with Crippen LogP contribution < -0.4 is 0 Å². The molecule has 1 aliphatic rings. The molecule has 1 saturated carbocycles. The second kappa shape index (κ2) is 7.81. The highest BCUT2D eigenvalue weighted by Crippen LogP contribution is 2.36. The summed E-state index contributed by atoms with van der Waals surface area (Å²) in [5.74, 6) is 0.921. The molecule has 0 amide bonds. The van der Waals surface area contributed by atoms with E-state index in [4.69, 9.17) is 6.92 Å². The molecular weight excluding hydrogens is 276 g/mol. The van der Waals surface area contributed by atoms with Gasteiger partial charge in [-0.1, -0.05) is 92.8 Å². The first-order chi connectivity index (χ1) is 11.3. The number of hydrogen-bond acceptors (Lipinski definition) is 0. The van der Waals surface area contributed by atoms with Gasteiger partial charge in [0.25, 0.3) is 0 Å². The SMILES string of the molecule is [CH2]C(CCC1CCCCC1)(Cc1ccccc1)c1ccccc1. The van der Waals surface area contributed by atoms with Gasteiger partial charge in [0.1, 0.15) is 0 Å². The molecule has 0 aliphatic heterocycles. The van der Waals surface area contributed by atoms with E-state index in [1.54, 1.807) is 0 Å². The zero-order valence-electron chi connectivity index (χ0n) is 14.2. The van der Waals surface area contributed by atoms with Gasteiger partial charge in [-0.15, -0.1) is 0 Å². The molecule has 1 radical (unpaired) electrons. The van der Waals surface area contributed by atoms with Gasteiger partial charge in [0.15, 0.2) is 0 Å². The number of hydrogen-bond donors (Lipinski definition) is 0. The molecule has 0 heterocycles. The third kappa shape index (κ3) is 4.47. The van der Waals surface area contributed by atoms with Crippen LogP contribution in [0.25, 0.3) is 0 Å². The van der Waals surface area contributed by atoms with Crippen LogP contribution in [0.15, 0.2) is 60.7 Å². The highest BCUT2D eigenvalue weighted by Gasteiger charge is 2.28. The second-order valence-corrected chi connectivity index (χ2v) is 7.35. The second-order valence-electron chi connectivity index (χ2n) is 7.35. The van der Waals surface area contributed by atoms with E-state index in [1.165, 1.54) is 56.1 Å². The Morgan fingerprint density at radius 2 is 1.43 bits per heavy atom. The molecule has 1 fully saturated rings. The van der Waals surface area contributed by atoms with Gasteiger partial charge in [-0.2, -0.15) is 0 Å². The van der Waals surface area contributed by atoms with Crippen molar-refractivity contribution in [3.05, 3.63) is 78.7 Å². The van der Waals surface area contributed by atoms with Crippen LogP contribution in [0.2, 0.25) is 0 Å². The lowest BCUT2D eigenvalue weighted by atomic mass is 9.71. The van der Waals surface area contributed by atoms with Crippen LogP contribution in [-0.4, -0.2) is 0 Å². The Kier molecular flexibility index (Phi) is 5.54. The van der Waals surface area contributed by atoms with Crippen LogP contribution in [0, 0.1) is 12.8 Å². The van der Waals surface area contributed by atoms with E-state index < -0.39 is 0 Å². The zero-order chi connectivity index (χ0) is 16.0. The predicted octanol–water partition coefficient (Wildman–Crippen LogP) is 6.36. The van der Waals surface area contributed by atoms with E-state index in [0.29, 0.717) is 0 Å². The monoisotopic (exact) mass is 305 g/mol. The van der Waals surface area contributed by atoms with Gasteiger partial charge in [-0.25, -0.2) is 0 Å². The summed E-state index contributed by atoms with van der Waals surface area (Å²) >= 11 is 0. The van der Waals surface area contributed by atoms with Gasteiger partial charge in [0.2, 0.25) is 0 Å². The maximum Gasteiger partial charge on any atom is -0.000623 e. The third-order valence-corrected chi connectivity index (χ3v) is 5.53. The first kappa shape index (κ1) is 16.3. The van der Waals surface area contributed by atoms with Gasteiger partial charge in [-0.3, -0.25) is 0 Å². The average Bonchev–Trinajstić information content (AvgIpc) is 2.63. The molecular formula is C23H29. The number of rotatable bonds is 6. The lowest BCUT2D eigenvalue weighted by Crippen LogP contribution is -2.27. The molecule has 0 bridgehead atoms. The first-order valence-electron chi connectivity index (χ1n) is 9.21. The molecule has 2 aromatic carbocycles. The summed E-state index contributed by atoms with van der Waals surface area (Å²) in [6, 6.07) is 21.8. The Labute approximate surface area is 141 Å². The van der Waals surface area contributed by atoms with Crippen molar-refractivity contribution in [3.63, 3.8) is 0 Å². The molecule has 0 nitrogen and oxygen atoms in total. The van der Waals surface area contributed by atoms with Crippen LogP contribution in [0.4, 0.5) is 0 Å². The highest BCUT2D eigenvalue weighted by molar-refractivity contribution is 5.31. The van der Waals surface area contributed by atoms with Gasteiger partial charge >= 0.3 is 0 Å². The van der Waals surface area contributed by atoms with E-state index in [1.807, 2.05) is 0 Å². The van der Waals surface area contributed by atoms with E-state index >= 15 is 0 Å². The standard InChI is InChI=1S/C23H29/c1-23(22-15-9-4-10-16-22,19-21-13-7-3-8-14-21)18-17-20-11-5-2-6-12-20/h3-4,7-10,13-16,20H,1-2,5-6,11-12,17-19H2. The maximum atomic E-state index is 4.72. The van der Waals surface area contributed by atoms with Gasteiger partial charge in [0, 0.05) is 0 Å². The lowest BCUT2D eigenvalue weighted by Gasteiger charge is -2.33. The van der Waals surface area contributed by atoms with E-state index in [-0.39, 0.29) is 5.41 Å². The minimum Gasteiger partial charge on any atom is -0.0622 e. The van der Waals surface area contributed by atoms with Crippen molar-refractivity contribution in [2.24, 2.45) is 5.92 Å². The number of benzene rings is 2. The molecule has 121 valence electrons. The van der Waals surface area contributed by atoms with Crippen molar-refractivity contribution >= 4 is 0 Å². The Morgan fingerprint density at radius 1 is 0.826 bits per heavy atom. The molecule has 1 unspecified atom stereocenters. The molecule has 0 aromatic heterocycles. The normalized spacial score (nSPS) is 18.5. The van der Waals surface area contributed by atoms with Crippen molar-refractivity contribution in [2.75, 3.05) is 0 Å². The van der Waals surface area contributed by atoms with Crippen molar-refractivity contribution in [1.82, 2.24) is 0 Å². The largest absolute Gasteiger partial charge is 0.0622 e. The Balaban J connectivity index is 1.75. The van der Waals surface area contributed by atoms with E-state index in [2.05, 4.69) is 60.7 Å². The summed E-state index contributed by atoms with van der Waals surface area (Å²) in [6.45, 7) is 4.72. The van der Waals surface area contributed by atoms with Crippen LogP contribution in [0.1, 0.15) is 56.1 Å². The minimum atomic E-state index is 0.0000600. The van der Waals surface area contributed by atoms with E-state index in [9.17, 15) is 0 Å². The molecule has 1 aliphatic carbocycles. The van der Waals surface area contributed by atoms with Crippen LogP contribution in [0.5, 0.6) is 0 Å². The zero-order valence-corrected chi connectivity index (χ0v) is 14.2.